The van der Waals surface area contributed by atoms with Gasteiger partial charge in [0.1, 0.15) is 55.9 Å². The summed E-state index contributed by atoms with van der Waals surface area (Å²) in [5.74, 6) is -1.37. The fraction of sp³-hybridized carbons (Fsp3) is 0.386. The maximum absolute atomic E-state index is 14.1. The second-order valence-electron chi connectivity index (χ2n) is 17.1. The fourth-order valence-corrected chi connectivity index (χ4v) is 8.40. The first-order valence-corrected chi connectivity index (χ1v) is 24.3. The lowest BCUT2D eigenvalue weighted by molar-refractivity contribution is -0.374. The zero-order chi connectivity index (χ0) is 51.2. The predicted octanol–water partition coefficient (Wildman–Crippen LogP) is 8.40. The van der Waals surface area contributed by atoms with Crippen LogP contribution in [0.25, 0.3) is 0 Å². The lowest BCUT2D eigenvalue weighted by Crippen LogP contribution is -2.67. The highest BCUT2D eigenvalue weighted by atomic mass is 16.8. The van der Waals surface area contributed by atoms with Gasteiger partial charge in [0, 0.05) is 14.0 Å². The van der Waals surface area contributed by atoms with Gasteiger partial charge in [0.25, 0.3) is 0 Å². The smallest absolute Gasteiger partial charge is 0.464 e. The van der Waals surface area contributed by atoms with Gasteiger partial charge in [-0.05, 0) is 34.7 Å². The van der Waals surface area contributed by atoms with Gasteiger partial charge in [-0.25, -0.2) is 9.59 Å². The van der Waals surface area contributed by atoms with Crippen molar-refractivity contribution in [2.75, 3.05) is 33.5 Å². The monoisotopic (exact) mass is 1000 g/mol. The normalized spacial score (nSPS) is 24.2. The molecule has 0 radical (unpaired) electrons. The van der Waals surface area contributed by atoms with Crippen molar-refractivity contribution in [1.82, 2.24) is 0 Å². The molecule has 5 aromatic carbocycles. The van der Waals surface area contributed by atoms with Crippen molar-refractivity contribution in [2.45, 2.75) is 108 Å². The van der Waals surface area contributed by atoms with Crippen LogP contribution in [0.2, 0.25) is 0 Å². The zero-order valence-electron chi connectivity index (χ0n) is 41.3. The molecule has 5 aromatic rings. The topological polar surface area (TPSA) is 171 Å². The molecule has 16 nitrogen and oxygen atoms in total. The van der Waals surface area contributed by atoms with Crippen LogP contribution < -0.4 is 0 Å². The average molecular weight is 1010 g/mol. The van der Waals surface area contributed by atoms with Gasteiger partial charge in [0.15, 0.2) is 24.8 Å². The number of carbonyl (C=O) groups excluding carboxylic acids is 3. The maximum atomic E-state index is 14.1. The van der Waals surface area contributed by atoms with Crippen molar-refractivity contribution < 1.29 is 76.0 Å². The first kappa shape index (κ1) is 54.5. The Bertz CT molecular complexity index is 2400. The second-order valence-corrected chi connectivity index (χ2v) is 17.1. The molecule has 0 N–H and O–H groups in total. The Morgan fingerprint density at radius 3 is 1.58 bits per heavy atom. The van der Waals surface area contributed by atoms with Gasteiger partial charge >= 0.3 is 18.1 Å². The average Bonchev–Trinajstić information content (AvgIpc) is 3.42. The van der Waals surface area contributed by atoms with Gasteiger partial charge in [-0.1, -0.05) is 164 Å². The van der Waals surface area contributed by atoms with E-state index in [0.29, 0.717) is 5.56 Å². The SMILES string of the molecule is C=CCOC(=O)O[C@@H]1[C@@H](O[C@@H](C(=O)OCC)c2ccccc2)[C@H](O[C@H]2[C@H](OCc3ccccc3)[C@@H](OCc3ccccc3)[C@@H](OC)O[C@@H]2COCc2ccccc2)O[C@H](COC(C)=O)[C@H]1OCc1ccccc1. The van der Waals surface area contributed by atoms with Gasteiger partial charge in [-0.15, -0.1) is 0 Å². The quantitative estimate of drug-likeness (QED) is 0.0294. The van der Waals surface area contributed by atoms with E-state index in [4.69, 9.17) is 61.6 Å². The summed E-state index contributed by atoms with van der Waals surface area (Å²) < 4.78 is 83.3. The number of methoxy groups -OCH3 is 1. The van der Waals surface area contributed by atoms with Crippen LogP contribution in [-0.4, -0.2) is 113 Å². The minimum Gasteiger partial charge on any atom is -0.464 e. The van der Waals surface area contributed by atoms with Gasteiger partial charge in [0.05, 0.1) is 39.6 Å². The van der Waals surface area contributed by atoms with E-state index in [9.17, 15) is 14.4 Å². The summed E-state index contributed by atoms with van der Waals surface area (Å²) in [7, 11) is 1.51. The minimum atomic E-state index is -1.60. The number of hydrogen-bond acceptors (Lipinski definition) is 16. The molecule has 2 aliphatic rings. The summed E-state index contributed by atoms with van der Waals surface area (Å²) in [5.41, 5.74) is 3.80. The number of ether oxygens (including phenoxy) is 13. The van der Waals surface area contributed by atoms with E-state index in [0.717, 1.165) is 22.3 Å². The van der Waals surface area contributed by atoms with E-state index in [1.54, 1.807) is 37.3 Å². The first-order chi connectivity index (χ1) is 35.7. The van der Waals surface area contributed by atoms with Crippen LogP contribution in [0.3, 0.4) is 0 Å². The molecule has 0 spiro atoms. The number of carbonyl (C=O) groups is 3. The third-order valence-corrected chi connectivity index (χ3v) is 11.9. The highest BCUT2D eigenvalue weighted by molar-refractivity contribution is 5.76. The predicted molar refractivity (Wildman–Crippen MR) is 264 cm³/mol. The maximum Gasteiger partial charge on any atom is 0.509 e. The molecule has 2 heterocycles. The van der Waals surface area contributed by atoms with Crippen molar-refractivity contribution in [3.8, 4) is 0 Å². The molecule has 0 aliphatic carbocycles. The van der Waals surface area contributed by atoms with E-state index < -0.39 is 92.2 Å². The second kappa shape index (κ2) is 28.8. The number of hydrogen-bond donors (Lipinski definition) is 0. The molecule has 0 unspecified atom stereocenters. The van der Waals surface area contributed by atoms with Crippen LogP contribution in [0.5, 0.6) is 0 Å². The Kier molecular flexibility index (Phi) is 21.5. The van der Waals surface area contributed by atoms with Gasteiger partial charge in [-0.2, -0.15) is 0 Å². The molecule has 0 saturated carbocycles. The number of benzene rings is 5. The Morgan fingerprint density at radius 1 is 0.562 bits per heavy atom. The molecule has 7 rings (SSSR count). The Labute approximate surface area is 426 Å². The summed E-state index contributed by atoms with van der Waals surface area (Å²) in [6, 6.07) is 46.8. The third kappa shape index (κ3) is 16.1. The highest BCUT2D eigenvalue weighted by Crippen LogP contribution is 2.38. The van der Waals surface area contributed by atoms with Crippen molar-refractivity contribution in [3.05, 3.63) is 192 Å². The Balaban J connectivity index is 1.36. The number of esters is 2. The van der Waals surface area contributed by atoms with E-state index in [-0.39, 0.29) is 46.2 Å². The minimum absolute atomic E-state index is 0.0171. The molecular weight excluding hydrogens is 941 g/mol. The summed E-state index contributed by atoms with van der Waals surface area (Å²) >= 11 is 0. The molecule has 2 saturated heterocycles. The fourth-order valence-electron chi connectivity index (χ4n) is 8.40. The van der Waals surface area contributed by atoms with E-state index in [1.807, 2.05) is 121 Å². The van der Waals surface area contributed by atoms with Crippen molar-refractivity contribution >= 4 is 18.1 Å². The third-order valence-electron chi connectivity index (χ3n) is 11.9. The van der Waals surface area contributed by atoms with Crippen molar-refractivity contribution in [3.63, 3.8) is 0 Å². The summed E-state index contributed by atoms with van der Waals surface area (Å²) in [6.07, 6.45) is -13.4. The van der Waals surface area contributed by atoms with E-state index >= 15 is 0 Å². The molecule has 16 heteroatoms. The van der Waals surface area contributed by atoms with Crippen LogP contribution in [0, 0.1) is 0 Å². The van der Waals surface area contributed by atoms with Crippen LogP contribution in [0.15, 0.2) is 164 Å². The Hall–Kier alpha value is -6.31. The zero-order valence-corrected chi connectivity index (χ0v) is 41.3. The lowest BCUT2D eigenvalue weighted by Gasteiger charge is -2.50. The molecule has 11 atom stereocenters. The summed E-state index contributed by atoms with van der Waals surface area (Å²) in [4.78, 5) is 40.5. The van der Waals surface area contributed by atoms with Crippen LogP contribution in [0.1, 0.15) is 47.8 Å². The van der Waals surface area contributed by atoms with Crippen LogP contribution in [-0.2, 0) is 97.6 Å². The van der Waals surface area contributed by atoms with Crippen LogP contribution in [0.4, 0.5) is 4.79 Å². The molecule has 2 aliphatic heterocycles. The molecule has 73 heavy (non-hydrogen) atoms. The van der Waals surface area contributed by atoms with Gasteiger partial charge in [0.2, 0.25) is 0 Å². The van der Waals surface area contributed by atoms with Crippen molar-refractivity contribution in [2.24, 2.45) is 0 Å². The lowest BCUT2D eigenvalue weighted by atomic mass is 9.95. The molecule has 0 bridgehead atoms. The van der Waals surface area contributed by atoms with Gasteiger partial charge in [-0.3, -0.25) is 4.79 Å². The first-order valence-electron chi connectivity index (χ1n) is 24.3. The molecule has 0 aromatic heterocycles. The van der Waals surface area contributed by atoms with E-state index in [2.05, 4.69) is 6.58 Å². The highest BCUT2D eigenvalue weighted by Gasteiger charge is 2.56. The molecular formula is C57H64O16. The molecule has 2 fully saturated rings. The standard InChI is InChI=1S/C57H64O16/c1-5-32-64-57(60)73-51-48(66-34-41-24-14-8-15-25-41)46(38-65-39(3)58)70-56(53(51)71-47(54(59)63-6-2)44-30-20-11-21-31-44)72-49-45(37-62-33-40-22-12-7-13-23-40)69-55(61-4)52(68-36-43-28-18-10-19-29-43)50(49)67-35-42-26-16-9-17-27-42/h5,7-31,45-53,55-56H,1,6,32-38H2,2-4H3/t45-,46-,47-,48-,49-,50+,51+,52-,53-,55+,56+/m1/s1. The van der Waals surface area contributed by atoms with Gasteiger partial charge < -0.3 is 61.6 Å². The summed E-state index contributed by atoms with van der Waals surface area (Å²) in [6.45, 7) is 6.39. The van der Waals surface area contributed by atoms with E-state index in [1.165, 1.54) is 20.1 Å². The number of rotatable bonds is 26. The molecule has 388 valence electrons. The summed E-state index contributed by atoms with van der Waals surface area (Å²) in [5, 5.41) is 0. The molecule has 0 amide bonds. The largest absolute Gasteiger partial charge is 0.509 e. The van der Waals surface area contributed by atoms with Crippen LogP contribution >= 0.6 is 0 Å². The van der Waals surface area contributed by atoms with Crippen molar-refractivity contribution in [1.29, 1.82) is 0 Å². The Morgan fingerprint density at radius 2 is 1.05 bits per heavy atom.